The highest BCUT2D eigenvalue weighted by Gasteiger charge is 2.10. The topological polar surface area (TPSA) is 95.1 Å². The van der Waals surface area contributed by atoms with Crippen LogP contribution in [0.25, 0.3) is 10.6 Å². The molecule has 0 fully saturated rings. The largest absolute Gasteiger partial charge is 0.497 e. The molecule has 1 aromatic carbocycles. The van der Waals surface area contributed by atoms with Gasteiger partial charge < -0.3 is 15.8 Å². The number of amides is 1. The van der Waals surface area contributed by atoms with E-state index in [2.05, 4.69) is 15.4 Å². The molecule has 0 saturated carbocycles. The van der Waals surface area contributed by atoms with Crippen molar-refractivity contribution < 1.29 is 9.53 Å². The number of thiazole rings is 1. The van der Waals surface area contributed by atoms with Gasteiger partial charge >= 0.3 is 0 Å². The van der Waals surface area contributed by atoms with Crippen molar-refractivity contribution in [2.45, 2.75) is 20.0 Å². The molecule has 2 aromatic heterocycles. The summed E-state index contributed by atoms with van der Waals surface area (Å²) in [5.41, 5.74) is 7.57. The maximum absolute atomic E-state index is 12.0. The van der Waals surface area contributed by atoms with Gasteiger partial charge in [-0.05, 0) is 19.1 Å². The molecule has 0 aliphatic carbocycles. The van der Waals surface area contributed by atoms with E-state index in [9.17, 15) is 4.79 Å². The van der Waals surface area contributed by atoms with Gasteiger partial charge in [-0.3, -0.25) is 4.79 Å². The lowest BCUT2D eigenvalue weighted by Crippen LogP contribution is -2.27. The van der Waals surface area contributed by atoms with Crippen molar-refractivity contribution in [2.24, 2.45) is 0 Å². The zero-order chi connectivity index (χ0) is 17.8. The maximum atomic E-state index is 12.0. The van der Waals surface area contributed by atoms with Crippen LogP contribution in [0, 0.1) is 6.92 Å². The Bertz CT molecular complexity index is 887. The fourth-order valence-electron chi connectivity index (χ4n) is 2.35. The normalized spacial score (nSPS) is 10.6. The number of rotatable bonds is 6. The first-order valence-electron chi connectivity index (χ1n) is 7.71. The van der Waals surface area contributed by atoms with E-state index < -0.39 is 0 Å². The van der Waals surface area contributed by atoms with Gasteiger partial charge in [-0.1, -0.05) is 12.1 Å². The standard InChI is InChI=1S/C17H19N5O2S/c1-11-6-15(18)22(21-11)10-16(23)19-8-14-9-20-17(25-14)12-4-3-5-13(7-12)24-2/h3-7,9H,8,10,18H2,1-2H3,(H,19,23). The lowest BCUT2D eigenvalue weighted by molar-refractivity contribution is -0.121. The number of ether oxygens (including phenoxy) is 1. The number of hydrogen-bond acceptors (Lipinski definition) is 6. The zero-order valence-corrected chi connectivity index (χ0v) is 14.8. The van der Waals surface area contributed by atoms with Gasteiger partial charge in [0, 0.05) is 22.7 Å². The smallest absolute Gasteiger partial charge is 0.242 e. The molecule has 2 heterocycles. The Labute approximate surface area is 149 Å². The third-order valence-corrected chi connectivity index (χ3v) is 4.60. The first kappa shape index (κ1) is 17.0. The summed E-state index contributed by atoms with van der Waals surface area (Å²) in [6.07, 6.45) is 1.77. The molecule has 0 aliphatic rings. The second kappa shape index (κ2) is 7.35. The van der Waals surface area contributed by atoms with E-state index in [0.717, 1.165) is 26.9 Å². The SMILES string of the molecule is COc1cccc(-c2ncc(CNC(=O)Cn3nc(C)cc3N)s2)c1. The fraction of sp³-hybridized carbons (Fsp3) is 0.235. The minimum absolute atomic E-state index is 0.0984. The van der Waals surface area contributed by atoms with Crippen molar-refractivity contribution in [2.75, 3.05) is 12.8 Å². The average molecular weight is 357 g/mol. The lowest BCUT2D eigenvalue weighted by Gasteiger charge is -2.05. The first-order chi connectivity index (χ1) is 12.0. The van der Waals surface area contributed by atoms with Crippen molar-refractivity contribution in [3.8, 4) is 16.3 Å². The van der Waals surface area contributed by atoms with Crippen molar-refractivity contribution in [3.63, 3.8) is 0 Å². The number of carbonyl (C=O) groups is 1. The van der Waals surface area contributed by atoms with E-state index in [1.54, 1.807) is 19.4 Å². The van der Waals surface area contributed by atoms with Crippen LogP contribution in [0.15, 0.2) is 36.5 Å². The third kappa shape index (κ3) is 4.16. The Morgan fingerprint density at radius 1 is 1.40 bits per heavy atom. The Morgan fingerprint density at radius 3 is 2.96 bits per heavy atom. The van der Waals surface area contributed by atoms with Gasteiger partial charge in [-0.25, -0.2) is 9.67 Å². The van der Waals surface area contributed by atoms with Crippen LogP contribution in [0.2, 0.25) is 0 Å². The summed E-state index contributed by atoms with van der Waals surface area (Å²) < 4.78 is 6.72. The van der Waals surface area contributed by atoms with Gasteiger partial charge in [0.2, 0.25) is 5.91 Å². The molecule has 0 saturated heterocycles. The van der Waals surface area contributed by atoms with Gasteiger partial charge in [0.15, 0.2) is 0 Å². The maximum Gasteiger partial charge on any atom is 0.242 e. The second-order valence-electron chi connectivity index (χ2n) is 5.51. The lowest BCUT2D eigenvalue weighted by atomic mass is 10.2. The molecule has 3 rings (SSSR count). The summed E-state index contributed by atoms with van der Waals surface area (Å²) in [6, 6.07) is 9.46. The molecule has 0 bridgehead atoms. The number of nitrogens with one attached hydrogen (secondary N) is 1. The molecule has 8 heteroatoms. The number of nitrogens with zero attached hydrogens (tertiary/aromatic N) is 3. The zero-order valence-electron chi connectivity index (χ0n) is 14.0. The number of nitrogen functional groups attached to an aromatic ring is 1. The summed E-state index contributed by atoms with van der Waals surface area (Å²) in [5, 5.41) is 7.92. The number of methoxy groups -OCH3 is 1. The molecule has 0 spiro atoms. The highest BCUT2D eigenvalue weighted by atomic mass is 32.1. The summed E-state index contributed by atoms with van der Waals surface area (Å²) in [7, 11) is 1.63. The van der Waals surface area contributed by atoms with Gasteiger partial charge in [0.1, 0.15) is 23.1 Å². The van der Waals surface area contributed by atoms with Crippen LogP contribution in [0.1, 0.15) is 10.6 Å². The quantitative estimate of drug-likeness (QED) is 0.705. The number of hydrogen-bond donors (Lipinski definition) is 2. The van der Waals surface area contributed by atoms with Gasteiger partial charge in [0.05, 0.1) is 19.3 Å². The average Bonchev–Trinajstić information content (AvgIpc) is 3.20. The summed E-state index contributed by atoms with van der Waals surface area (Å²) in [6.45, 7) is 2.35. The number of aromatic nitrogens is 3. The Hall–Kier alpha value is -2.87. The molecule has 3 aromatic rings. The molecule has 0 unspecified atom stereocenters. The minimum Gasteiger partial charge on any atom is -0.497 e. The predicted molar refractivity (Wildman–Crippen MR) is 97.3 cm³/mol. The molecular weight excluding hydrogens is 338 g/mol. The minimum atomic E-state index is -0.147. The number of anilines is 1. The fourth-order valence-corrected chi connectivity index (χ4v) is 3.20. The van der Waals surface area contributed by atoms with Crippen LogP contribution >= 0.6 is 11.3 Å². The second-order valence-corrected chi connectivity index (χ2v) is 6.62. The molecular formula is C17H19N5O2S. The monoisotopic (exact) mass is 357 g/mol. The van der Waals surface area contributed by atoms with E-state index in [-0.39, 0.29) is 12.5 Å². The molecule has 1 amide bonds. The summed E-state index contributed by atoms with van der Waals surface area (Å²) in [4.78, 5) is 17.4. The van der Waals surface area contributed by atoms with Crippen LogP contribution in [-0.4, -0.2) is 27.8 Å². The van der Waals surface area contributed by atoms with E-state index in [1.807, 2.05) is 31.2 Å². The van der Waals surface area contributed by atoms with Gasteiger partial charge in [0.25, 0.3) is 0 Å². The molecule has 3 N–H and O–H groups in total. The van der Waals surface area contributed by atoms with Gasteiger partial charge in [-0.2, -0.15) is 5.10 Å². The molecule has 0 aliphatic heterocycles. The number of benzene rings is 1. The Morgan fingerprint density at radius 2 is 2.24 bits per heavy atom. The first-order valence-corrected chi connectivity index (χ1v) is 8.52. The number of nitrogens with two attached hydrogens (primary N) is 1. The van der Waals surface area contributed by atoms with Crippen molar-refractivity contribution >= 4 is 23.1 Å². The predicted octanol–water partition coefficient (Wildman–Crippen LogP) is 2.22. The molecule has 25 heavy (non-hydrogen) atoms. The Balaban J connectivity index is 1.59. The van der Waals surface area contributed by atoms with Crippen LogP contribution in [0.3, 0.4) is 0 Å². The van der Waals surface area contributed by atoms with E-state index in [4.69, 9.17) is 10.5 Å². The van der Waals surface area contributed by atoms with Crippen molar-refractivity contribution in [3.05, 3.63) is 47.1 Å². The molecule has 130 valence electrons. The summed E-state index contributed by atoms with van der Waals surface area (Å²) in [5.74, 6) is 1.12. The van der Waals surface area contributed by atoms with Crippen LogP contribution in [0.4, 0.5) is 5.82 Å². The van der Waals surface area contributed by atoms with E-state index in [1.165, 1.54) is 16.0 Å². The summed E-state index contributed by atoms with van der Waals surface area (Å²) >= 11 is 1.53. The number of aryl methyl sites for hydroxylation is 1. The molecule has 0 radical (unpaired) electrons. The van der Waals surface area contributed by atoms with Crippen LogP contribution < -0.4 is 15.8 Å². The van der Waals surface area contributed by atoms with Gasteiger partial charge in [-0.15, -0.1) is 11.3 Å². The van der Waals surface area contributed by atoms with E-state index in [0.29, 0.717) is 12.4 Å². The van der Waals surface area contributed by atoms with E-state index >= 15 is 0 Å². The highest BCUT2D eigenvalue weighted by molar-refractivity contribution is 7.15. The molecule has 0 atom stereocenters. The number of carbonyl (C=O) groups excluding carboxylic acids is 1. The molecule has 7 nitrogen and oxygen atoms in total. The van der Waals surface area contributed by atoms with Crippen molar-refractivity contribution in [1.29, 1.82) is 0 Å². The Kier molecular flexibility index (Phi) is 4.99. The highest BCUT2D eigenvalue weighted by Crippen LogP contribution is 2.27. The van der Waals surface area contributed by atoms with Crippen molar-refractivity contribution in [1.82, 2.24) is 20.1 Å². The van der Waals surface area contributed by atoms with Crippen LogP contribution in [0.5, 0.6) is 5.75 Å². The third-order valence-electron chi connectivity index (χ3n) is 3.56. The van der Waals surface area contributed by atoms with Crippen LogP contribution in [-0.2, 0) is 17.9 Å².